The van der Waals surface area contributed by atoms with Gasteiger partial charge in [0.25, 0.3) is 11.8 Å². The van der Waals surface area contributed by atoms with Gasteiger partial charge in [-0.3, -0.25) is 14.6 Å². The van der Waals surface area contributed by atoms with Crippen LogP contribution in [0, 0.1) is 0 Å². The third kappa shape index (κ3) is 4.22. The van der Waals surface area contributed by atoms with Crippen LogP contribution in [0.1, 0.15) is 26.4 Å². The van der Waals surface area contributed by atoms with Crippen LogP contribution in [-0.2, 0) is 11.3 Å². The van der Waals surface area contributed by atoms with Gasteiger partial charge in [-0.1, -0.05) is 30.3 Å². The van der Waals surface area contributed by atoms with Gasteiger partial charge < -0.3 is 14.5 Å². The molecule has 1 fully saturated rings. The summed E-state index contributed by atoms with van der Waals surface area (Å²) in [6.45, 7) is 2.67. The number of pyridine rings is 1. The van der Waals surface area contributed by atoms with Crippen molar-refractivity contribution in [3.8, 4) is 0 Å². The minimum Gasteiger partial charge on any atom is -0.378 e. The second kappa shape index (κ2) is 7.90. The highest BCUT2D eigenvalue weighted by Crippen LogP contribution is 2.11. The first kappa shape index (κ1) is 17.1. The average Bonchev–Trinajstić information content (AvgIpc) is 2.68. The number of carbonyl (C=O) groups is 2. The van der Waals surface area contributed by atoms with Gasteiger partial charge in [0.15, 0.2) is 0 Å². The molecule has 3 rings (SSSR count). The summed E-state index contributed by atoms with van der Waals surface area (Å²) in [5.41, 5.74) is 1.81. The molecule has 2 aromatic rings. The second-order valence-corrected chi connectivity index (χ2v) is 5.98. The molecule has 1 aliphatic heterocycles. The lowest BCUT2D eigenvalue weighted by atomic mass is 10.1. The zero-order valence-electron chi connectivity index (χ0n) is 14.2. The van der Waals surface area contributed by atoms with Crippen molar-refractivity contribution in [1.29, 1.82) is 0 Å². The summed E-state index contributed by atoms with van der Waals surface area (Å²) < 4.78 is 5.26. The Hall–Kier alpha value is -2.73. The van der Waals surface area contributed by atoms with Crippen molar-refractivity contribution in [2.24, 2.45) is 0 Å². The highest BCUT2D eigenvalue weighted by molar-refractivity contribution is 5.98. The monoisotopic (exact) mass is 339 g/mol. The van der Waals surface area contributed by atoms with E-state index in [4.69, 9.17) is 4.74 Å². The van der Waals surface area contributed by atoms with E-state index < -0.39 is 0 Å². The fourth-order valence-corrected chi connectivity index (χ4v) is 2.76. The topological polar surface area (TPSA) is 62.7 Å². The number of hydrogen-bond donors (Lipinski definition) is 0. The molecule has 0 radical (unpaired) electrons. The zero-order valence-corrected chi connectivity index (χ0v) is 14.2. The molecule has 1 saturated heterocycles. The molecule has 1 aromatic heterocycles. The molecule has 2 amide bonds. The first-order chi connectivity index (χ1) is 12.1. The van der Waals surface area contributed by atoms with Gasteiger partial charge in [0, 0.05) is 38.4 Å². The standard InChI is InChI=1S/C19H21N3O3/c1-21(14-15-5-3-2-4-6-15)18(23)16-7-8-20-17(13-16)19(24)22-9-11-25-12-10-22/h2-8,13H,9-12,14H2,1H3. The fourth-order valence-electron chi connectivity index (χ4n) is 2.76. The van der Waals surface area contributed by atoms with Crippen LogP contribution in [0.25, 0.3) is 0 Å². The SMILES string of the molecule is CN(Cc1ccccc1)C(=O)c1ccnc(C(=O)N2CCOCC2)c1. The van der Waals surface area contributed by atoms with E-state index in [-0.39, 0.29) is 11.8 Å². The van der Waals surface area contributed by atoms with Crippen LogP contribution in [0.15, 0.2) is 48.7 Å². The molecule has 0 bridgehead atoms. The Kier molecular flexibility index (Phi) is 5.40. The van der Waals surface area contributed by atoms with Crippen molar-refractivity contribution >= 4 is 11.8 Å². The number of ether oxygens (including phenoxy) is 1. The van der Waals surface area contributed by atoms with E-state index in [0.717, 1.165) is 5.56 Å². The Balaban J connectivity index is 1.71. The molecule has 1 aliphatic rings. The molecule has 0 unspecified atom stereocenters. The molecular weight excluding hydrogens is 318 g/mol. The molecule has 0 aliphatic carbocycles. The number of nitrogens with zero attached hydrogens (tertiary/aromatic N) is 3. The van der Waals surface area contributed by atoms with Gasteiger partial charge in [0.05, 0.1) is 13.2 Å². The molecule has 25 heavy (non-hydrogen) atoms. The van der Waals surface area contributed by atoms with Crippen molar-refractivity contribution in [3.05, 3.63) is 65.5 Å². The number of amides is 2. The van der Waals surface area contributed by atoms with Crippen molar-refractivity contribution in [2.45, 2.75) is 6.54 Å². The molecule has 0 saturated carbocycles. The summed E-state index contributed by atoms with van der Waals surface area (Å²) in [5, 5.41) is 0. The first-order valence-electron chi connectivity index (χ1n) is 8.27. The third-order valence-corrected chi connectivity index (χ3v) is 4.13. The smallest absolute Gasteiger partial charge is 0.272 e. The van der Waals surface area contributed by atoms with E-state index in [1.165, 1.54) is 6.20 Å². The molecule has 130 valence electrons. The fraction of sp³-hybridized carbons (Fsp3) is 0.316. The van der Waals surface area contributed by atoms with Gasteiger partial charge in [-0.25, -0.2) is 0 Å². The highest BCUT2D eigenvalue weighted by Gasteiger charge is 2.21. The molecule has 0 atom stereocenters. The summed E-state index contributed by atoms with van der Waals surface area (Å²) in [7, 11) is 1.75. The van der Waals surface area contributed by atoms with Crippen LogP contribution in [0.4, 0.5) is 0 Å². The number of rotatable bonds is 4. The van der Waals surface area contributed by atoms with E-state index in [0.29, 0.717) is 44.1 Å². The molecule has 6 nitrogen and oxygen atoms in total. The van der Waals surface area contributed by atoms with E-state index in [9.17, 15) is 9.59 Å². The third-order valence-electron chi connectivity index (χ3n) is 4.13. The van der Waals surface area contributed by atoms with E-state index in [1.807, 2.05) is 30.3 Å². The largest absolute Gasteiger partial charge is 0.378 e. The summed E-state index contributed by atoms with van der Waals surface area (Å²) >= 11 is 0. The number of hydrogen-bond acceptors (Lipinski definition) is 4. The van der Waals surface area contributed by atoms with Crippen LogP contribution in [0.2, 0.25) is 0 Å². The number of morpholine rings is 1. The van der Waals surface area contributed by atoms with Crippen LogP contribution in [-0.4, -0.2) is 59.9 Å². The van der Waals surface area contributed by atoms with Crippen LogP contribution < -0.4 is 0 Å². The Morgan fingerprint density at radius 2 is 1.88 bits per heavy atom. The first-order valence-corrected chi connectivity index (χ1v) is 8.27. The van der Waals surface area contributed by atoms with Crippen molar-refractivity contribution < 1.29 is 14.3 Å². The second-order valence-electron chi connectivity index (χ2n) is 5.98. The van der Waals surface area contributed by atoms with Crippen LogP contribution in [0.5, 0.6) is 0 Å². The number of aromatic nitrogens is 1. The highest BCUT2D eigenvalue weighted by atomic mass is 16.5. The lowest BCUT2D eigenvalue weighted by molar-refractivity contribution is 0.0299. The maximum atomic E-state index is 12.7. The predicted octanol–water partition coefficient (Wildman–Crippen LogP) is 1.83. The predicted molar refractivity (Wildman–Crippen MR) is 93.2 cm³/mol. The van der Waals surface area contributed by atoms with Crippen LogP contribution in [0.3, 0.4) is 0 Å². The minimum absolute atomic E-state index is 0.137. The maximum absolute atomic E-state index is 12.7. The summed E-state index contributed by atoms with van der Waals surface area (Å²) in [5.74, 6) is -0.300. The lowest BCUT2D eigenvalue weighted by Crippen LogP contribution is -2.41. The van der Waals surface area contributed by atoms with Crippen molar-refractivity contribution in [3.63, 3.8) is 0 Å². The van der Waals surface area contributed by atoms with Gasteiger partial charge in [0.1, 0.15) is 5.69 Å². The van der Waals surface area contributed by atoms with Gasteiger partial charge in [-0.15, -0.1) is 0 Å². The Bertz CT molecular complexity index is 743. The number of benzene rings is 1. The normalized spacial score (nSPS) is 14.2. The molecular formula is C19H21N3O3. The van der Waals surface area contributed by atoms with E-state index >= 15 is 0 Å². The average molecular weight is 339 g/mol. The molecule has 6 heteroatoms. The minimum atomic E-state index is -0.163. The van der Waals surface area contributed by atoms with Gasteiger partial charge >= 0.3 is 0 Å². The summed E-state index contributed by atoms with van der Waals surface area (Å²) in [6.07, 6.45) is 1.51. The molecule has 1 aromatic carbocycles. The van der Waals surface area contributed by atoms with Gasteiger partial charge in [0.2, 0.25) is 0 Å². The summed E-state index contributed by atoms with van der Waals surface area (Å²) in [6, 6.07) is 13.0. The molecule has 0 N–H and O–H groups in total. The van der Waals surface area contributed by atoms with Crippen molar-refractivity contribution in [2.75, 3.05) is 33.4 Å². The molecule has 0 spiro atoms. The van der Waals surface area contributed by atoms with Crippen LogP contribution >= 0.6 is 0 Å². The Morgan fingerprint density at radius 1 is 1.16 bits per heavy atom. The van der Waals surface area contributed by atoms with Gasteiger partial charge in [-0.05, 0) is 17.7 Å². The van der Waals surface area contributed by atoms with Gasteiger partial charge in [-0.2, -0.15) is 0 Å². The number of carbonyl (C=O) groups excluding carboxylic acids is 2. The van der Waals surface area contributed by atoms with E-state index in [1.54, 1.807) is 29.0 Å². The zero-order chi connectivity index (χ0) is 17.6. The van der Waals surface area contributed by atoms with E-state index in [2.05, 4.69) is 4.98 Å². The quantitative estimate of drug-likeness (QED) is 0.852. The Labute approximate surface area is 147 Å². The maximum Gasteiger partial charge on any atom is 0.272 e. The lowest BCUT2D eigenvalue weighted by Gasteiger charge is -2.26. The summed E-state index contributed by atoms with van der Waals surface area (Å²) in [4.78, 5) is 32.6. The molecule has 2 heterocycles. The van der Waals surface area contributed by atoms with Crippen molar-refractivity contribution in [1.82, 2.24) is 14.8 Å². The Morgan fingerprint density at radius 3 is 2.60 bits per heavy atom.